The van der Waals surface area contributed by atoms with E-state index in [0.29, 0.717) is 5.56 Å². The predicted octanol–water partition coefficient (Wildman–Crippen LogP) is 3.22. The molecule has 0 atom stereocenters. The van der Waals surface area contributed by atoms with Crippen molar-refractivity contribution in [3.63, 3.8) is 0 Å². The molecule has 22 heavy (non-hydrogen) atoms. The summed E-state index contributed by atoms with van der Waals surface area (Å²) in [5.41, 5.74) is 0.329. The maximum absolute atomic E-state index is 9.17. The van der Waals surface area contributed by atoms with Crippen LogP contribution in [0, 0.1) is 11.3 Å². The summed E-state index contributed by atoms with van der Waals surface area (Å²) in [5, 5.41) is 46.1. The van der Waals surface area contributed by atoms with Gasteiger partial charge >= 0.3 is 0 Å². The molecular weight excluding hydrogens is 282 g/mol. The molecule has 0 aliphatic rings. The lowest BCUT2D eigenvalue weighted by Gasteiger charge is -2.00. The summed E-state index contributed by atoms with van der Waals surface area (Å²) in [7, 11) is 0. The molecule has 4 N–H and O–H groups in total. The SMILES string of the molecule is N#Cc1ccc(O)c(O)c1.Oc1cc2ccccc2cc1O. The quantitative estimate of drug-likeness (QED) is 0.477. The highest BCUT2D eigenvalue weighted by atomic mass is 16.3. The summed E-state index contributed by atoms with van der Waals surface area (Å²) in [6.45, 7) is 0. The van der Waals surface area contributed by atoms with E-state index in [2.05, 4.69) is 0 Å². The first-order valence-corrected chi connectivity index (χ1v) is 6.34. The van der Waals surface area contributed by atoms with E-state index in [-0.39, 0.29) is 23.0 Å². The molecule has 0 aromatic heterocycles. The Kier molecular flexibility index (Phi) is 4.35. The molecule has 0 heterocycles. The average Bonchev–Trinajstić information content (AvgIpc) is 2.52. The second-order valence-electron chi connectivity index (χ2n) is 4.50. The summed E-state index contributed by atoms with van der Waals surface area (Å²) in [4.78, 5) is 0. The molecule has 0 saturated heterocycles. The van der Waals surface area contributed by atoms with Gasteiger partial charge in [0.2, 0.25) is 0 Å². The fourth-order valence-electron chi connectivity index (χ4n) is 1.81. The molecule has 0 fully saturated rings. The molecule has 0 amide bonds. The van der Waals surface area contributed by atoms with Crippen molar-refractivity contribution in [1.82, 2.24) is 0 Å². The molecule has 0 radical (unpaired) electrons. The third kappa shape index (κ3) is 3.38. The molecule has 5 heteroatoms. The van der Waals surface area contributed by atoms with Crippen molar-refractivity contribution < 1.29 is 20.4 Å². The predicted molar refractivity (Wildman–Crippen MR) is 81.8 cm³/mol. The molecule has 3 aromatic rings. The summed E-state index contributed by atoms with van der Waals surface area (Å²) in [6.07, 6.45) is 0. The van der Waals surface area contributed by atoms with Gasteiger partial charge in [-0.2, -0.15) is 5.26 Å². The number of aromatic hydroxyl groups is 4. The highest BCUT2D eigenvalue weighted by Gasteiger charge is 2.00. The van der Waals surface area contributed by atoms with E-state index >= 15 is 0 Å². The van der Waals surface area contributed by atoms with Crippen LogP contribution >= 0.6 is 0 Å². The van der Waals surface area contributed by atoms with Crippen molar-refractivity contribution in [1.29, 1.82) is 5.26 Å². The maximum atomic E-state index is 9.17. The van der Waals surface area contributed by atoms with Crippen LogP contribution in [0.25, 0.3) is 10.8 Å². The van der Waals surface area contributed by atoms with Crippen LogP contribution in [0.4, 0.5) is 0 Å². The minimum atomic E-state index is -0.265. The van der Waals surface area contributed by atoms with Crippen LogP contribution in [0.3, 0.4) is 0 Å². The highest BCUT2D eigenvalue weighted by molar-refractivity contribution is 5.85. The number of nitriles is 1. The van der Waals surface area contributed by atoms with Crippen LogP contribution in [-0.4, -0.2) is 20.4 Å². The van der Waals surface area contributed by atoms with Crippen LogP contribution in [0.1, 0.15) is 5.56 Å². The van der Waals surface area contributed by atoms with Crippen molar-refractivity contribution in [2.24, 2.45) is 0 Å². The van der Waals surface area contributed by atoms with E-state index in [4.69, 9.17) is 25.7 Å². The van der Waals surface area contributed by atoms with Crippen LogP contribution in [-0.2, 0) is 0 Å². The molecular formula is C17H13NO4. The van der Waals surface area contributed by atoms with Gasteiger partial charge < -0.3 is 20.4 Å². The van der Waals surface area contributed by atoms with Crippen LogP contribution in [0.5, 0.6) is 23.0 Å². The minimum Gasteiger partial charge on any atom is -0.504 e. The van der Waals surface area contributed by atoms with Gasteiger partial charge in [0.05, 0.1) is 11.6 Å². The molecule has 0 aliphatic carbocycles. The second-order valence-corrected chi connectivity index (χ2v) is 4.50. The van der Waals surface area contributed by atoms with E-state index in [1.165, 1.54) is 18.2 Å². The Morgan fingerprint density at radius 2 is 1.14 bits per heavy atom. The monoisotopic (exact) mass is 295 g/mol. The zero-order valence-corrected chi connectivity index (χ0v) is 11.4. The Bertz CT molecular complexity index is 812. The standard InChI is InChI=1S/C10H8O2.C7H5NO2/c11-9-5-7-3-1-2-4-8(7)6-10(9)12;8-4-5-1-2-6(9)7(10)3-5/h1-6,11-12H;1-3,9-10H. The third-order valence-electron chi connectivity index (χ3n) is 2.95. The first-order chi connectivity index (χ1) is 10.5. The van der Waals surface area contributed by atoms with Crippen LogP contribution in [0.2, 0.25) is 0 Å². The zero-order valence-electron chi connectivity index (χ0n) is 11.4. The van der Waals surface area contributed by atoms with E-state index in [0.717, 1.165) is 10.8 Å². The first kappa shape index (κ1) is 15.0. The lowest BCUT2D eigenvalue weighted by Crippen LogP contribution is -1.72. The molecule has 0 spiro atoms. The smallest absolute Gasteiger partial charge is 0.158 e. The highest BCUT2D eigenvalue weighted by Crippen LogP contribution is 2.29. The normalized spacial score (nSPS) is 9.59. The molecule has 5 nitrogen and oxygen atoms in total. The Balaban J connectivity index is 0.000000164. The van der Waals surface area contributed by atoms with Crippen LogP contribution in [0.15, 0.2) is 54.6 Å². The van der Waals surface area contributed by atoms with Crippen LogP contribution < -0.4 is 0 Å². The van der Waals surface area contributed by atoms with Gasteiger partial charge in [-0.25, -0.2) is 0 Å². The van der Waals surface area contributed by atoms with E-state index in [1.807, 2.05) is 30.3 Å². The summed E-state index contributed by atoms with van der Waals surface area (Å²) < 4.78 is 0. The summed E-state index contributed by atoms with van der Waals surface area (Å²) in [6, 6.07) is 16.4. The fourth-order valence-corrected chi connectivity index (χ4v) is 1.81. The molecule has 0 aliphatic heterocycles. The van der Waals surface area contributed by atoms with Gasteiger partial charge in [-0.3, -0.25) is 0 Å². The lowest BCUT2D eigenvalue weighted by atomic mass is 10.1. The summed E-state index contributed by atoms with van der Waals surface area (Å²) >= 11 is 0. The number of fused-ring (bicyclic) bond motifs is 1. The summed E-state index contributed by atoms with van der Waals surface area (Å²) in [5.74, 6) is -0.625. The minimum absolute atomic E-state index is 0.0753. The average molecular weight is 295 g/mol. The number of phenolic OH excluding ortho intramolecular Hbond substituents is 4. The van der Waals surface area contributed by atoms with Crippen molar-refractivity contribution in [2.45, 2.75) is 0 Å². The Labute approximate surface area is 126 Å². The maximum Gasteiger partial charge on any atom is 0.158 e. The molecule has 0 bridgehead atoms. The Morgan fingerprint density at radius 3 is 1.59 bits per heavy atom. The van der Waals surface area contributed by atoms with Crippen molar-refractivity contribution in [3.05, 3.63) is 60.2 Å². The van der Waals surface area contributed by atoms with E-state index in [9.17, 15) is 0 Å². The van der Waals surface area contributed by atoms with Gasteiger partial charge in [-0.05, 0) is 35.0 Å². The molecule has 0 unspecified atom stereocenters. The van der Waals surface area contributed by atoms with Gasteiger partial charge in [0.15, 0.2) is 23.0 Å². The number of phenols is 4. The van der Waals surface area contributed by atoms with Gasteiger partial charge in [-0.15, -0.1) is 0 Å². The van der Waals surface area contributed by atoms with Gasteiger partial charge in [0.25, 0.3) is 0 Å². The lowest BCUT2D eigenvalue weighted by molar-refractivity contribution is 0.403. The van der Waals surface area contributed by atoms with Crippen molar-refractivity contribution in [3.8, 4) is 29.1 Å². The van der Waals surface area contributed by atoms with E-state index in [1.54, 1.807) is 12.1 Å². The van der Waals surface area contributed by atoms with Gasteiger partial charge in [-0.1, -0.05) is 24.3 Å². The fraction of sp³-hybridized carbons (Fsp3) is 0. The van der Waals surface area contributed by atoms with Crippen molar-refractivity contribution in [2.75, 3.05) is 0 Å². The molecule has 3 aromatic carbocycles. The van der Waals surface area contributed by atoms with Gasteiger partial charge in [0, 0.05) is 6.07 Å². The van der Waals surface area contributed by atoms with Gasteiger partial charge in [0.1, 0.15) is 0 Å². The molecule has 3 rings (SSSR count). The molecule has 0 saturated carbocycles. The first-order valence-electron chi connectivity index (χ1n) is 6.34. The number of benzene rings is 3. The Morgan fingerprint density at radius 1 is 0.636 bits per heavy atom. The number of hydrogen-bond donors (Lipinski definition) is 4. The number of nitrogens with zero attached hydrogens (tertiary/aromatic N) is 1. The van der Waals surface area contributed by atoms with Crippen molar-refractivity contribution >= 4 is 10.8 Å². The largest absolute Gasteiger partial charge is 0.504 e. The van der Waals surface area contributed by atoms with E-state index < -0.39 is 0 Å². The number of rotatable bonds is 0. The number of hydrogen-bond acceptors (Lipinski definition) is 5. The zero-order chi connectivity index (χ0) is 16.1. The third-order valence-corrected chi connectivity index (χ3v) is 2.95. The Hall–Kier alpha value is -3.39. The molecule has 110 valence electrons. The topological polar surface area (TPSA) is 105 Å². The second kappa shape index (κ2) is 6.37.